The number of fused-ring (bicyclic) bond motifs is 1. The van der Waals surface area contributed by atoms with E-state index >= 15 is 0 Å². The van der Waals surface area contributed by atoms with Crippen LogP contribution in [0.3, 0.4) is 0 Å². The fraction of sp³-hybridized carbons (Fsp3) is 0.300. The van der Waals surface area contributed by atoms with Crippen molar-refractivity contribution in [2.45, 2.75) is 39.5 Å². The van der Waals surface area contributed by atoms with Gasteiger partial charge in [0.05, 0.1) is 42.6 Å². The largest absolute Gasteiger partial charge is 0.468 e. The molecule has 2 unspecified atom stereocenters. The van der Waals surface area contributed by atoms with Gasteiger partial charge in [-0.05, 0) is 73.9 Å². The molecule has 0 aliphatic carbocycles. The van der Waals surface area contributed by atoms with Crippen LogP contribution in [0.2, 0.25) is 0 Å². The van der Waals surface area contributed by atoms with Gasteiger partial charge in [-0.2, -0.15) is 5.10 Å². The predicted octanol–water partition coefficient (Wildman–Crippen LogP) is 5.27. The minimum atomic E-state index is -0.890. The molecule has 3 heterocycles. The number of aliphatic imine (C=N–C) groups is 1. The van der Waals surface area contributed by atoms with Crippen molar-refractivity contribution >= 4 is 35.5 Å². The number of aromatic nitrogens is 2. The van der Waals surface area contributed by atoms with Gasteiger partial charge in [0.2, 0.25) is 0 Å². The van der Waals surface area contributed by atoms with Gasteiger partial charge in [0.25, 0.3) is 0 Å². The second kappa shape index (κ2) is 11.1. The van der Waals surface area contributed by atoms with Crippen molar-refractivity contribution in [3.63, 3.8) is 0 Å². The topological polar surface area (TPSA) is 99.3 Å². The molecule has 2 aromatic heterocycles. The molecule has 0 spiro atoms. The number of nitrogens with zero attached hydrogens (tertiary/aromatic N) is 3. The number of carbonyl (C=O) groups is 3. The van der Waals surface area contributed by atoms with Gasteiger partial charge in [0, 0.05) is 22.5 Å². The van der Waals surface area contributed by atoms with E-state index in [4.69, 9.17) is 14.6 Å². The molecule has 39 heavy (non-hydrogen) atoms. The van der Waals surface area contributed by atoms with Crippen molar-refractivity contribution in [1.29, 1.82) is 0 Å². The van der Waals surface area contributed by atoms with Gasteiger partial charge in [-0.3, -0.25) is 14.6 Å². The molecule has 202 valence electrons. The van der Waals surface area contributed by atoms with E-state index in [1.807, 2.05) is 26.0 Å². The number of ether oxygens (including phenoxy) is 2. The van der Waals surface area contributed by atoms with Crippen molar-refractivity contribution in [3.05, 3.63) is 76.4 Å². The maximum atomic E-state index is 13.8. The Morgan fingerprint density at radius 3 is 2.33 bits per heavy atom. The van der Waals surface area contributed by atoms with Crippen LogP contribution >= 0.6 is 0 Å². The third kappa shape index (κ3) is 4.92. The highest BCUT2D eigenvalue weighted by Crippen LogP contribution is 2.42. The Balaban J connectivity index is 2.12. The van der Waals surface area contributed by atoms with Gasteiger partial charge in [-0.15, -0.1) is 0 Å². The maximum absolute atomic E-state index is 13.8. The monoisotopic (exact) mass is 531 g/mol. The SMILES string of the molecule is COC(=O)C1=C(C)N=C(C)C(C(=O)OC)C1c1ccc2c(C(C)C)c(C=CC=O)c(-c3ccc(F)cc3)nn12. The summed E-state index contributed by atoms with van der Waals surface area (Å²) in [4.78, 5) is 41.9. The first-order chi connectivity index (χ1) is 18.6. The first-order valence-corrected chi connectivity index (χ1v) is 12.5. The number of hydrogen-bond donors (Lipinski definition) is 0. The lowest BCUT2D eigenvalue weighted by molar-refractivity contribution is -0.143. The number of esters is 2. The Hall–Kier alpha value is -4.40. The molecule has 9 heteroatoms. The van der Waals surface area contributed by atoms with Gasteiger partial charge in [0.15, 0.2) is 0 Å². The summed E-state index contributed by atoms with van der Waals surface area (Å²) in [5.41, 5.74) is 5.23. The number of allylic oxidation sites excluding steroid dienone is 2. The number of carbonyl (C=O) groups excluding carboxylic acids is 3. The second-order valence-electron chi connectivity index (χ2n) is 9.61. The number of benzene rings is 1. The highest BCUT2D eigenvalue weighted by molar-refractivity contribution is 6.07. The molecule has 0 radical (unpaired) electrons. The summed E-state index contributed by atoms with van der Waals surface area (Å²) >= 11 is 0. The van der Waals surface area contributed by atoms with E-state index in [0.717, 1.165) is 11.1 Å². The average molecular weight is 532 g/mol. The van der Waals surface area contributed by atoms with Crippen LogP contribution in [-0.4, -0.2) is 47.8 Å². The molecule has 0 saturated carbocycles. The molecule has 2 atom stereocenters. The third-order valence-corrected chi connectivity index (χ3v) is 6.95. The highest BCUT2D eigenvalue weighted by atomic mass is 19.1. The van der Waals surface area contributed by atoms with Crippen molar-refractivity contribution in [1.82, 2.24) is 9.61 Å². The zero-order valence-electron chi connectivity index (χ0n) is 22.7. The van der Waals surface area contributed by atoms with E-state index in [1.165, 1.54) is 32.4 Å². The van der Waals surface area contributed by atoms with E-state index in [0.29, 0.717) is 40.2 Å². The van der Waals surface area contributed by atoms with Gasteiger partial charge in [-0.25, -0.2) is 13.7 Å². The highest BCUT2D eigenvalue weighted by Gasteiger charge is 2.43. The fourth-order valence-corrected chi connectivity index (χ4v) is 5.31. The zero-order valence-corrected chi connectivity index (χ0v) is 22.7. The average Bonchev–Trinajstić information content (AvgIpc) is 3.33. The molecule has 1 aliphatic heterocycles. The lowest BCUT2D eigenvalue weighted by atomic mass is 9.78. The van der Waals surface area contributed by atoms with Crippen LogP contribution in [0, 0.1) is 11.7 Å². The number of aldehydes is 1. The number of halogens is 1. The summed E-state index contributed by atoms with van der Waals surface area (Å²) in [6, 6.07) is 9.63. The van der Waals surface area contributed by atoms with Crippen LogP contribution in [0.4, 0.5) is 4.39 Å². The predicted molar refractivity (Wildman–Crippen MR) is 146 cm³/mol. The number of hydrogen-bond acceptors (Lipinski definition) is 7. The van der Waals surface area contributed by atoms with Gasteiger partial charge >= 0.3 is 11.9 Å². The van der Waals surface area contributed by atoms with Gasteiger partial charge < -0.3 is 9.47 Å². The third-order valence-electron chi connectivity index (χ3n) is 6.95. The Morgan fingerprint density at radius 2 is 1.74 bits per heavy atom. The van der Waals surface area contributed by atoms with Crippen LogP contribution < -0.4 is 0 Å². The van der Waals surface area contributed by atoms with Crippen LogP contribution in [0.1, 0.15) is 56.4 Å². The molecule has 1 aliphatic rings. The Kier molecular flexibility index (Phi) is 7.90. The van der Waals surface area contributed by atoms with E-state index < -0.39 is 29.6 Å². The van der Waals surface area contributed by atoms with E-state index in [2.05, 4.69) is 4.99 Å². The molecule has 0 saturated heterocycles. The molecule has 4 rings (SSSR count). The van der Waals surface area contributed by atoms with Crippen LogP contribution in [0.5, 0.6) is 0 Å². The minimum absolute atomic E-state index is 0.00726. The summed E-state index contributed by atoms with van der Waals surface area (Å²) in [5, 5.41) is 4.96. The standard InChI is InChI=1S/C30H30FN3O5/c1-16(2)24-21(8-7-15-35)28(19-9-11-20(31)12-10-19)33-34-22(24)13-14-23(34)27-25(29(36)38-5)17(3)32-18(4)26(27)30(37)39-6/h7-16,25,27H,1-6H3. The minimum Gasteiger partial charge on any atom is -0.468 e. The lowest BCUT2D eigenvalue weighted by Crippen LogP contribution is -2.36. The van der Waals surface area contributed by atoms with Crippen molar-refractivity contribution < 1.29 is 28.2 Å². The first-order valence-electron chi connectivity index (χ1n) is 12.5. The fourth-order valence-electron chi connectivity index (χ4n) is 5.31. The number of rotatable bonds is 7. The zero-order chi connectivity index (χ0) is 28.4. The van der Waals surface area contributed by atoms with E-state index in [1.54, 1.807) is 36.6 Å². The molecular weight excluding hydrogens is 501 g/mol. The van der Waals surface area contributed by atoms with Crippen molar-refractivity contribution in [2.24, 2.45) is 10.9 Å². The summed E-state index contributed by atoms with van der Waals surface area (Å²) in [6.07, 6.45) is 3.78. The van der Waals surface area contributed by atoms with Crippen LogP contribution in [-0.2, 0) is 23.9 Å². The molecule has 1 aromatic carbocycles. The van der Waals surface area contributed by atoms with E-state index in [9.17, 15) is 18.8 Å². The van der Waals surface area contributed by atoms with Crippen LogP contribution in [0.25, 0.3) is 22.9 Å². The molecule has 0 N–H and O–H groups in total. The molecular formula is C30H30FN3O5. The smallest absolute Gasteiger partial charge is 0.336 e. The van der Waals surface area contributed by atoms with Gasteiger partial charge in [-0.1, -0.05) is 13.8 Å². The first kappa shape index (κ1) is 27.6. The quantitative estimate of drug-likeness (QED) is 0.234. The number of methoxy groups -OCH3 is 2. The summed E-state index contributed by atoms with van der Waals surface area (Å²) in [7, 11) is 2.57. The summed E-state index contributed by atoms with van der Waals surface area (Å²) in [6.45, 7) is 7.47. The normalized spacial score (nSPS) is 17.6. The molecule has 3 aromatic rings. The second-order valence-corrected chi connectivity index (χ2v) is 9.61. The maximum Gasteiger partial charge on any atom is 0.336 e. The Bertz CT molecular complexity index is 1550. The van der Waals surface area contributed by atoms with Gasteiger partial charge in [0.1, 0.15) is 18.0 Å². The Morgan fingerprint density at radius 1 is 1.05 bits per heavy atom. The Labute approximate surface area is 225 Å². The van der Waals surface area contributed by atoms with E-state index in [-0.39, 0.29) is 11.5 Å². The summed E-state index contributed by atoms with van der Waals surface area (Å²) in [5.74, 6) is -3.23. The van der Waals surface area contributed by atoms with Crippen LogP contribution in [0.15, 0.2) is 58.7 Å². The molecule has 8 nitrogen and oxygen atoms in total. The molecule has 0 fully saturated rings. The molecule has 0 amide bonds. The van der Waals surface area contributed by atoms with Crippen molar-refractivity contribution in [2.75, 3.05) is 14.2 Å². The summed E-state index contributed by atoms with van der Waals surface area (Å²) < 4.78 is 25.7. The lowest BCUT2D eigenvalue weighted by Gasteiger charge is -2.30. The van der Waals surface area contributed by atoms with Crippen molar-refractivity contribution in [3.8, 4) is 11.3 Å². The molecule has 0 bridgehead atoms.